The zero-order valence-electron chi connectivity index (χ0n) is 36.5. The highest BCUT2D eigenvalue weighted by Crippen LogP contribution is 2.37. The molecule has 3 aromatic carbocycles. The zero-order valence-corrected chi connectivity index (χ0v) is 36.5. The molecule has 324 valence electrons. The number of nitrogens with zero attached hydrogens (tertiary/aromatic N) is 6. The number of amides is 3. The molecule has 15 heteroatoms. The number of ether oxygens (including phenoxy) is 1. The topological polar surface area (TPSA) is 170 Å². The van der Waals surface area contributed by atoms with Crippen LogP contribution < -0.4 is 10.2 Å². The van der Waals surface area contributed by atoms with Crippen molar-refractivity contribution in [2.45, 2.75) is 104 Å². The fraction of sp³-hybridized carbons (Fsp3) is 0.478. The van der Waals surface area contributed by atoms with Crippen molar-refractivity contribution in [3.8, 4) is 0 Å². The number of carbonyl (C=O) groups is 3. The number of para-hydroxylation sites is 1. The Balaban J connectivity index is 1.10. The van der Waals surface area contributed by atoms with Crippen LogP contribution in [-0.2, 0) is 37.2 Å². The Morgan fingerprint density at radius 3 is 1.84 bits per heavy atom. The summed E-state index contributed by atoms with van der Waals surface area (Å²) in [5.41, 5.74) is 5.83. The summed E-state index contributed by atoms with van der Waals surface area (Å²) >= 11 is 0. The first kappa shape index (κ1) is 43.1. The number of imidazole rings is 2. The van der Waals surface area contributed by atoms with E-state index in [-0.39, 0.29) is 23.9 Å². The fourth-order valence-corrected chi connectivity index (χ4v) is 8.55. The summed E-state index contributed by atoms with van der Waals surface area (Å²) in [7, 11) is 2.70. The number of aromatic nitrogens is 4. The molecule has 3 amide bonds. The molecule has 2 fully saturated rings. The first-order valence-corrected chi connectivity index (χ1v) is 21.1. The Bertz CT molecular complexity index is 2360. The summed E-state index contributed by atoms with van der Waals surface area (Å²) in [5, 5.41) is 2.76. The van der Waals surface area contributed by atoms with Gasteiger partial charge in [0.05, 0.1) is 48.4 Å². The largest absolute Gasteiger partial charge is 0.453 e. The highest BCUT2D eigenvalue weighted by Gasteiger charge is 2.42. The quantitative estimate of drug-likeness (QED) is 0.0464. The van der Waals surface area contributed by atoms with Gasteiger partial charge in [0, 0.05) is 31.9 Å². The third-order valence-electron chi connectivity index (χ3n) is 11.7. The molecule has 2 aliphatic rings. The van der Waals surface area contributed by atoms with Crippen molar-refractivity contribution in [1.29, 1.82) is 0 Å². The standard InChI is InChI=1S/C46H59N9O6/c1-45(2,3)38(47-28-61-60-8)42(56)54-22-12-16-36(54)40-48-32-20-18-29(24-34(32)50-40)26-53(31-14-10-9-11-15-31)27-30-19-21-33-35(25-30)51-41(49-33)37-17-13-23-55(37)43(57)39(46(4,5)6)52-44(58)59-7/h9-11,14-15,18-21,24-25,28,36-39H,12-13,16-17,22-23,26-27H2,1-8H3,(H,48,50)(H,49,51)(H,52,58)/t36-,37-,38+,39+/m0/s1. The van der Waals surface area contributed by atoms with Gasteiger partial charge in [0.15, 0.2) is 0 Å². The number of H-pyrrole nitrogens is 2. The van der Waals surface area contributed by atoms with E-state index in [9.17, 15) is 14.4 Å². The van der Waals surface area contributed by atoms with Crippen molar-refractivity contribution in [2.24, 2.45) is 15.8 Å². The average Bonchev–Trinajstić information content (AvgIpc) is 4.06. The monoisotopic (exact) mass is 833 g/mol. The molecule has 2 aliphatic heterocycles. The molecular weight excluding hydrogens is 775 g/mol. The first-order chi connectivity index (χ1) is 29.1. The number of carbonyl (C=O) groups excluding carboxylic acids is 3. The Hall–Kier alpha value is -5.96. The molecule has 3 N–H and O–H groups in total. The predicted molar refractivity (Wildman–Crippen MR) is 235 cm³/mol. The van der Waals surface area contributed by atoms with E-state index in [4.69, 9.17) is 19.6 Å². The van der Waals surface area contributed by atoms with E-state index in [1.165, 1.54) is 20.6 Å². The number of anilines is 1. The van der Waals surface area contributed by atoms with E-state index in [0.717, 1.165) is 76.2 Å². The normalized spacial score (nSPS) is 18.2. The molecule has 0 bridgehead atoms. The number of methoxy groups -OCH3 is 1. The van der Waals surface area contributed by atoms with Crippen LogP contribution in [0, 0.1) is 10.8 Å². The van der Waals surface area contributed by atoms with Gasteiger partial charge in [0.25, 0.3) is 0 Å². The minimum absolute atomic E-state index is 0.0648. The van der Waals surface area contributed by atoms with Crippen LogP contribution in [0.3, 0.4) is 0 Å². The fourth-order valence-electron chi connectivity index (χ4n) is 8.55. The highest BCUT2D eigenvalue weighted by atomic mass is 17.2. The van der Waals surface area contributed by atoms with Gasteiger partial charge in [-0.3, -0.25) is 9.59 Å². The molecule has 4 heterocycles. The van der Waals surface area contributed by atoms with Crippen LogP contribution in [0.4, 0.5) is 10.5 Å². The third kappa shape index (κ3) is 9.67. The molecule has 5 aromatic rings. The van der Waals surface area contributed by atoms with Crippen LogP contribution in [0.2, 0.25) is 0 Å². The molecule has 61 heavy (non-hydrogen) atoms. The predicted octanol–water partition coefficient (Wildman–Crippen LogP) is 7.76. The summed E-state index contributed by atoms with van der Waals surface area (Å²) in [4.78, 5) is 77.2. The van der Waals surface area contributed by atoms with E-state index in [0.29, 0.717) is 26.2 Å². The Kier molecular flexibility index (Phi) is 12.7. The van der Waals surface area contributed by atoms with Gasteiger partial charge >= 0.3 is 6.09 Å². The van der Waals surface area contributed by atoms with Crippen LogP contribution >= 0.6 is 0 Å². The molecular formula is C46H59N9O6. The maximum Gasteiger partial charge on any atom is 0.407 e. The lowest BCUT2D eigenvalue weighted by molar-refractivity contribution is -0.188. The number of aromatic amines is 2. The van der Waals surface area contributed by atoms with E-state index in [1.54, 1.807) is 0 Å². The summed E-state index contributed by atoms with van der Waals surface area (Å²) in [6, 6.07) is 21.1. The van der Waals surface area contributed by atoms with Gasteiger partial charge in [-0.05, 0) is 84.0 Å². The first-order valence-electron chi connectivity index (χ1n) is 21.1. The summed E-state index contributed by atoms with van der Waals surface area (Å²) in [6.45, 7) is 14.2. The van der Waals surface area contributed by atoms with Gasteiger partial charge in [-0.1, -0.05) is 71.9 Å². The maximum atomic E-state index is 13.9. The van der Waals surface area contributed by atoms with Crippen molar-refractivity contribution < 1.29 is 28.9 Å². The van der Waals surface area contributed by atoms with Crippen LogP contribution in [0.5, 0.6) is 0 Å². The molecule has 15 nitrogen and oxygen atoms in total. The highest BCUT2D eigenvalue weighted by molar-refractivity contribution is 5.87. The molecule has 0 saturated carbocycles. The second kappa shape index (κ2) is 17.9. The summed E-state index contributed by atoms with van der Waals surface area (Å²) in [5.74, 6) is 1.29. The Morgan fingerprint density at radius 2 is 1.34 bits per heavy atom. The number of fused-ring (bicyclic) bond motifs is 2. The molecule has 0 spiro atoms. The molecule has 0 radical (unpaired) electrons. The Labute approximate surface area is 357 Å². The third-order valence-corrected chi connectivity index (χ3v) is 11.7. The zero-order chi connectivity index (χ0) is 43.5. The van der Waals surface area contributed by atoms with E-state index >= 15 is 0 Å². The molecule has 0 unspecified atom stereocenters. The number of hydrogen-bond acceptors (Lipinski definition) is 10. The maximum absolute atomic E-state index is 13.9. The van der Waals surface area contributed by atoms with Crippen LogP contribution in [0.15, 0.2) is 71.7 Å². The van der Waals surface area contributed by atoms with E-state index in [2.05, 4.69) is 66.5 Å². The second-order valence-corrected chi connectivity index (χ2v) is 18.2. The second-order valence-electron chi connectivity index (χ2n) is 18.2. The van der Waals surface area contributed by atoms with Crippen LogP contribution in [0.25, 0.3) is 22.1 Å². The molecule has 4 atom stereocenters. The molecule has 2 aromatic heterocycles. The lowest BCUT2D eigenvalue weighted by Crippen LogP contribution is -2.54. The van der Waals surface area contributed by atoms with Gasteiger partial charge in [0.1, 0.15) is 23.7 Å². The number of alkyl carbamates (subject to hydrolysis) is 1. The number of hydrogen-bond donors (Lipinski definition) is 3. The average molecular weight is 834 g/mol. The van der Waals surface area contributed by atoms with Gasteiger partial charge in [0.2, 0.25) is 18.2 Å². The minimum Gasteiger partial charge on any atom is -0.453 e. The number of likely N-dealkylation sites (tertiary alicyclic amines) is 2. The van der Waals surface area contributed by atoms with Crippen molar-refractivity contribution in [2.75, 3.05) is 32.2 Å². The lowest BCUT2D eigenvalue weighted by atomic mass is 9.85. The van der Waals surface area contributed by atoms with Crippen molar-refractivity contribution in [3.05, 3.63) is 89.5 Å². The van der Waals surface area contributed by atoms with Crippen molar-refractivity contribution >= 4 is 52.1 Å². The van der Waals surface area contributed by atoms with Crippen molar-refractivity contribution in [1.82, 2.24) is 35.1 Å². The Morgan fingerprint density at radius 1 is 0.803 bits per heavy atom. The van der Waals surface area contributed by atoms with E-state index in [1.807, 2.05) is 81.7 Å². The van der Waals surface area contributed by atoms with Gasteiger partial charge in [-0.2, -0.15) is 4.89 Å². The summed E-state index contributed by atoms with van der Waals surface area (Å²) < 4.78 is 4.84. The molecule has 7 rings (SSSR count). The molecule has 0 aliphatic carbocycles. The number of benzene rings is 3. The number of rotatable bonds is 13. The van der Waals surface area contributed by atoms with Crippen LogP contribution in [-0.4, -0.2) is 93.4 Å². The lowest BCUT2D eigenvalue weighted by Gasteiger charge is -2.34. The van der Waals surface area contributed by atoms with Gasteiger partial charge in [-0.15, -0.1) is 0 Å². The molecule has 2 saturated heterocycles. The SMILES string of the molecule is COOC=N[C@H](C(=O)N1CCC[C@H]1c1nc2ccc(CN(Cc3ccc4nc([C@@H]5CCCN5C(=O)[C@@H](NC(=O)OC)C(C)(C)C)[nH]c4c3)c3ccccc3)cc2[nH]1)C(C)(C)C. The smallest absolute Gasteiger partial charge is 0.407 e. The number of aliphatic imine (C=N–C) groups is 1. The number of nitrogens with one attached hydrogen (secondary N) is 3. The van der Waals surface area contributed by atoms with Crippen molar-refractivity contribution in [3.63, 3.8) is 0 Å². The van der Waals surface area contributed by atoms with Gasteiger partial charge < -0.3 is 39.6 Å². The van der Waals surface area contributed by atoms with Gasteiger partial charge in [-0.25, -0.2) is 19.8 Å². The summed E-state index contributed by atoms with van der Waals surface area (Å²) in [6.07, 6.45) is 3.85. The van der Waals surface area contributed by atoms with E-state index < -0.39 is 29.0 Å². The van der Waals surface area contributed by atoms with Crippen LogP contribution in [0.1, 0.15) is 102 Å². The minimum atomic E-state index is -0.750.